The zero-order chi connectivity index (χ0) is 7.68. The van der Waals surface area contributed by atoms with Crippen molar-refractivity contribution in [2.45, 2.75) is 0 Å². The molecule has 0 saturated carbocycles. The maximum Gasteiger partial charge on any atom is 0.172 e. The van der Waals surface area contributed by atoms with Crippen molar-refractivity contribution in [3.63, 3.8) is 0 Å². The van der Waals surface area contributed by atoms with E-state index in [1.165, 1.54) is 0 Å². The molecule has 0 unspecified atom stereocenters. The molecule has 3 nitrogen and oxygen atoms in total. The summed E-state index contributed by atoms with van der Waals surface area (Å²) in [5.74, 6) is 0. The van der Waals surface area contributed by atoms with Crippen molar-refractivity contribution < 1.29 is 0 Å². The van der Waals surface area contributed by atoms with Gasteiger partial charge in [0.25, 0.3) is 0 Å². The van der Waals surface area contributed by atoms with Crippen LogP contribution < -0.4 is 0 Å². The SMILES string of the molecule is N#CC1=CN2C=CSC2=NC1. The van der Waals surface area contributed by atoms with Crippen molar-refractivity contribution >= 4 is 16.9 Å². The van der Waals surface area contributed by atoms with Crippen LogP contribution in [0.15, 0.2) is 28.4 Å². The molecule has 0 aliphatic carbocycles. The Morgan fingerprint density at radius 3 is 3.45 bits per heavy atom. The molecule has 0 spiro atoms. The average Bonchev–Trinajstić information content (AvgIpc) is 2.50. The molecule has 0 amide bonds. The Morgan fingerprint density at radius 1 is 1.73 bits per heavy atom. The predicted octanol–water partition coefficient (Wildman–Crippen LogP) is 1.28. The molecule has 4 heteroatoms. The summed E-state index contributed by atoms with van der Waals surface area (Å²) in [5.41, 5.74) is 0.709. The van der Waals surface area contributed by atoms with Crippen LogP contribution >= 0.6 is 11.8 Å². The van der Waals surface area contributed by atoms with Gasteiger partial charge in [0.15, 0.2) is 5.17 Å². The van der Waals surface area contributed by atoms with E-state index in [0.29, 0.717) is 12.1 Å². The summed E-state index contributed by atoms with van der Waals surface area (Å²) in [6, 6.07) is 2.09. The molecule has 0 atom stereocenters. The summed E-state index contributed by atoms with van der Waals surface area (Å²) in [6.07, 6.45) is 3.72. The van der Waals surface area contributed by atoms with Gasteiger partial charge in [-0.2, -0.15) is 5.26 Å². The monoisotopic (exact) mass is 163 g/mol. The van der Waals surface area contributed by atoms with Crippen LogP contribution in [0, 0.1) is 11.3 Å². The maximum absolute atomic E-state index is 8.57. The van der Waals surface area contributed by atoms with Crippen molar-refractivity contribution in [3.05, 3.63) is 23.4 Å². The molecule has 11 heavy (non-hydrogen) atoms. The van der Waals surface area contributed by atoms with Crippen LogP contribution in [0.2, 0.25) is 0 Å². The molecule has 2 heterocycles. The van der Waals surface area contributed by atoms with Gasteiger partial charge < -0.3 is 4.90 Å². The van der Waals surface area contributed by atoms with Crippen molar-refractivity contribution in [2.75, 3.05) is 6.54 Å². The summed E-state index contributed by atoms with van der Waals surface area (Å²) in [5, 5.41) is 11.5. The number of hydrogen-bond acceptors (Lipinski definition) is 4. The molecular weight excluding hydrogens is 158 g/mol. The number of aliphatic imine (C=N–C) groups is 1. The highest BCUT2D eigenvalue weighted by Gasteiger charge is 2.16. The van der Waals surface area contributed by atoms with Gasteiger partial charge in [-0.15, -0.1) is 0 Å². The summed E-state index contributed by atoms with van der Waals surface area (Å²) in [4.78, 5) is 6.06. The first-order valence-corrected chi connectivity index (χ1v) is 4.05. The van der Waals surface area contributed by atoms with Crippen LogP contribution in [0.5, 0.6) is 0 Å². The second-order valence-corrected chi connectivity index (χ2v) is 3.05. The van der Waals surface area contributed by atoms with Gasteiger partial charge in [0.2, 0.25) is 0 Å². The van der Waals surface area contributed by atoms with E-state index in [0.717, 1.165) is 5.17 Å². The fraction of sp³-hybridized carbons (Fsp3) is 0.143. The summed E-state index contributed by atoms with van der Waals surface area (Å²) in [6.45, 7) is 0.525. The fourth-order valence-electron chi connectivity index (χ4n) is 0.924. The zero-order valence-corrected chi connectivity index (χ0v) is 6.51. The maximum atomic E-state index is 8.57. The molecule has 0 fully saturated rings. The van der Waals surface area contributed by atoms with Gasteiger partial charge in [0.05, 0.1) is 18.2 Å². The van der Waals surface area contributed by atoms with Crippen LogP contribution in [0.1, 0.15) is 0 Å². The summed E-state index contributed by atoms with van der Waals surface area (Å²) < 4.78 is 0. The minimum absolute atomic E-state index is 0.525. The molecule has 0 aromatic carbocycles. The average molecular weight is 163 g/mol. The molecule has 0 aromatic rings. The minimum Gasteiger partial charge on any atom is -0.302 e. The third-order valence-electron chi connectivity index (χ3n) is 1.44. The van der Waals surface area contributed by atoms with Gasteiger partial charge in [-0.05, 0) is 5.41 Å². The van der Waals surface area contributed by atoms with Crippen molar-refractivity contribution in [1.82, 2.24) is 4.90 Å². The Labute approximate surface area is 68.7 Å². The molecule has 0 saturated heterocycles. The highest BCUT2D eigenvalue weighted by molar-refractivity contribution is 8.16. The number of nitriles is 1. The van der Waals surface area contributed by atoms with Gasteiger partial charge >= 0.3 is 0 Å². The van der Waals surface area contributed by atoms with E-state index in [1.54, 1.807) is 11.8 Å². The molecule has 2 aliphatic heterocycles. The van der Waals surface area contributed by atoms with Crippen molar-refractivity contribution in [1.29, 1.82) is 5.26 Å². The van der Waals surface area contributed by atoms with Crippen LogP contribution in [-0.4, -0.2) is 16.6 Å². The van der Waals surface area contributed by atoms with E-state index in [-0.39, 0.29) is 0 Å². The molecule has 2 aliphatic rings. The van der Waals surface area contributed by atoms with Crippen LogP contribution in [0.3, 0.4) is 0 Å². The molecule has 0 N–H and O–H groups in total. The number of hydrogen-bond donors (Lipinski definition) is 0. The van der Waals surface area contributed by atoms with E-state index >= 15 is 0 Å². The lowest BCUT2D eigenvalue weighted by Gasteiger charge is -2.15. The number of amidine groups is 1. The third kappa shape index (κ3) is 1.03. The molecule has 0 radical (unpaired) electrons. The third-order valence-corrected chi connectivity index (χ3v) is 2.25. The largest absolute Gasteiger partial charge is 0.302 e. The number of nitrogens with zero attached hydrogens (tertiary/aromatic N) is 3. The Morgan fingerprint density at radius 2 is 2.64 bits per heavy atom. The summed E-state index contributed by atoms with van der Waals surface area (Å²) >= 11 is 1.58. The van der Waals surface area contributed by atoms with E-state index in [4.69, 9.17) is 5.26 Å². The first kappa shape index (κ1) is 6.50. The van der Waals surface area contributed by atoms with E-state index in [1.807, 2.05) is 22.7 Å². The molecule has 2 rings (SSSR count). The topological polar surface area (TPSA) is 39.4 Å². The van der Waals surface area contributed by atoms with Gasteiger partial charge in [-0.25, -0.2) is 0 Å². The zero-order valence-electron chi connectivity index (χ0n) is 5.69. The first-order chi connectivity index (χ1) is 5.40. The highest BCUT2D eigenvalue weighted by atomic mass is 32.2. The second-order valence-electron chi connectivity index (χ2n) is 2.18. The molecule has 54 valence electrons. The van der Waals surface area contributed by atoms with Crippen LogP contribution in [0.25, 0.3) is 0 Å². The molecular formula is C7H5N3S. The normalized spacial score (nSPS) is 20.5. The van der Waals surface area contributed by atoms with Gasteiger partial charge in [0.1, 0.15) is 0 Å². The van der Waals surface area contributed by atoms with Crippen LogP contribution in [0.4, 0.5) is 0 Å². The highest BCUT2D eigenvalue weighted by Crippen LogP contribution is 2.23. The molecule has 0 aromatic heterocycles. The second kappa shape index (κ2) is 2.44. The summed E-state index contributed by atoms with van der Waals surface area (Å²) in [7, 11) is 0. The van der Waals surface area contributed by atoms with Gasteiger partial charge in [0, 0.05) is 12.4 Å². The lowest BCUT2D eigenvalue weighted by atomic mass is 10.3. The number of fused-ring (bicyclic) bond motifs is 1. The Kier molecular flexibility index (Phi) is 1.44. The fourth-order valence-corrected chi connectivity index (χ4v) is 1.61. The Bertz CT molecular complexity index is 308. The number of thioether (sulfide) groups is 1. The Balaban J connectivity index is 2.28. The van der Waals surface area contributed by atoms with E-state index < -0.39 is 0 Å². The lowest BCUT2D eigenvalue weighted by molar-refractivity contribution is 0.750. The Hall–Kier alpha value is -1.21. The standard InChI is InChI=1S/C7H5N3S/c8-3-6-4-9-7-10(5-6)1-2-11-7/h1-2,5H,4H2. The van der Waals surface area contributed by atoms with Crippen LogP contribution in [-0.2, 0) is 0 Å². The minimum atomic E-state index is 0.525. The van der Waals surface area contributed by atoms with Crippen molar-refractivity contribution in [3.8, 4) is 6.07 Å². The van der Waals surface area contributed by atoms with E-state index in [9.17, 15) is 0 Å². The lowest BCUT2D eigenvalue weighted by Crippen LogP contribution is -2.18. The smallest absolute Gasteiger partial charge is 0.172 e. The van der Waals surface area contributed by atoms with E-state index in [2.05, 4.69) is 11.1 Å². The first-order valence-electron chi connectivity index (χ1n) is 3.17. The van der Waals surface area contributed by atoms with Gasteiger partial charge in [-0.1, -0.05) is 11.8 Å². The van der Waals surface area contributed by atoms with Crippen molar-refractivity contribution in [2.24, 2.45) is 4.99 Å². The number of rotatable bonds is 0. The predicted molar refractivity (Wildman–Crippen MR) is 44.6 cm³/mol. The molecule has 0 bridgehead atoms. The quantitative estimate of drug-likeness (QED) is 0.540. The van der Waals surface area contributed by atoms with Gasteiger partial charge in [-0.3, -0.25) is 4.99 Å².